The minimum absolute atomic E-state index is 0.119. The fourth-order valence-electron chi connectivity index (χ4n) is 3.47. The van der Waals surface area contributed by atoms with Crippen molar-refractivity contribution >= 4 is 51.8 Å². The molecular weight excluding hydrogens is 477 g/mol. The number of rotatable bonds is 14. The zero-order valence-electron chi connectivity index (χ0n) is 27.7. The molecule has 0 aliphatic heterocycles. The summed E-state index contributed by atoms with van der Waals surface area (Å²) in [5.74, 6) is -6.76. The van der Waals surface area contributed by atoms with Gasteiger partial charge in [0, 0.05) is 49.3 Å². The smallest absolute Gasteiger partial charge is 0.328 e. The van der Waals surface area contributed by atoms with Gasteiger partial charge in [0.2, 0.25) is 5.91 Å². The minimum Gasteiger partial charge on any atom is -0.464 e. The molecule has 0 unspecified atom stereocenters. The van der Waals surface area contributed by atoms with Crippen LogP contribution in [0, 0.1) is 5.92 Å². The highest BCUT2D eigenvalue weighted by Crippen LogP contribution is 2.23. The maximum Gasteiger partial charge on any atom is 0.328 e. The van der Waals surface area contributed by atoms with E-state index >= 15 is 0 Å². The van der Waals surface area contributed by atoms with Crippen LogP contribution >= 0.6 is 23.2 Å². The van der Waals surface area contributed by atoms with Crippen molar-refractivity contribution in [3.8, 4) is 0 Å². The number of anilines is 1. The lowest BCUT2D eigenvalue weighted by molar-refractivity contribution is -0.148. The van der Waals surface area contributed by atoms with Gasteiger partial charge in [-0.05, 0) is 43.9 Å². The van der Waals surface area contributed by atoms with E-state index in [1.54, 1.807) is 18.5 Å². The molecule has 2 atom stereocenters. The Balaban J connectivity index is 2.36. The Kier molecular flexibility index (Phi) is 7.39. The Bertz CT molecular complexity index is 1240. The number of hydrogen-bond donors (Lipinski definition) is 2. The number of carbonyl (C=O) groups is 2. The highest BCUT2D eigenvalue weighted by atomic mass is 35.5. The number of nitrogens with two attached hydrogens (primary N) is 1. The van der Waals surface area contributed by atoms with Crippen molar-refractivity contribution in [1.29, 1.82) is 0 Å². The number of hydrogen-bond acceptors (Lipinski definition) is 6. The largest absolute Gasteiger partial charge is 0.464 e. The maximum absolute atomic E-state index is 12.8. The molecule has 1 heterocycles. The third-order valence-corrected chi connectivity index (χ3v) is 5.30. The summed E-state index contributed by atoms with van der Waals surface area (Å²) in [4.78, 5) is 29.8. The van der Waals surface area contributed by atoms with Gasteiger partial charge in [0.1, 0.15) is 11.9 Å². The summed E-state index contributed by atoms with van der Waals surface area (Å²) in [6.45, 7) is -0.851. The van der Waals surface area contributed by atoms with Gasteiger partial charge >= 0.3 is 5.97 Å². The minimum atomic E-state index is -3.26. The van der Waals surface area contributed by atoms with E-state index in [-0.39, 0.29) is 41.5 Å². The first kappa shape index (κ1) is 18.3. The summed E-state index contributed by atoms with van der Waals surface area (Å²) in [6, 6.07) is 2.22. The predicted octanol–water partition coefficient (Wildman–Crippen LogP) is 3.21. The molecule has 0 spiro atoms. The second-order valence-electron chi connectivity index (χ2n) is 8.10. The van der Waals surface area contributed by atoms with Crippen LogP contribution in [-0.2, 0) is 27.8 Å². The third-order valence-electron chi connectivity index (χ3n) is 5.13. The van der Waals surface area contributed by atoms with E-state index in [1.165, 1.54) is 18.2 Å². The molecule has 0 aliphatic rings. The Morgan fingerprint density at radius 2 is 1.97 bits per heavy atom. The topological polar surface area (TPSA) is 102 Å². The molecule has 8 nitrogen and oxygen atoms in total. The lowest BCUT2D eigenvalue weighted by Crippen LogP contribution is -2.49. The third kappa shape index (κ3) is 7.75. The van der Waals surface area contributed by atoms with Crippen LogP contribution in [0.15, 0.2) is 18.2 Å². The molecular formula is C24H37Cl2N5O3. The lowest BCUT2D eigenvalue weighted by Gasteiger charge is -2.22. The zero-order chi connectivity index (χ0) is 32.4. The molecule has 2 aromatic rings. The van der Waals surface area contributed by atoms with Crippen molar-refractivity contribution in [3.63, 3.8) is 0 Å². The molecule has 0 saturated carbocycles. The van der Waals surface area contributed by atoms with Crippen LogP contribution in [-0.4, -0.2) is 64.8 Å². The molecule has 2 rings (SSSR count). The van der Waals surface area contributed by atoms with E-state index < -0.39 is 48.6 Å². The highest BCUT2D eigenvalue weighted by molar-refractivity contribution is 6.18. The van der Waals surface area contributed by atoms with Crippen LogP contribution in [0.2, 0.25) is 0 Å². The van der Waals surface area contributed by atoms with Gasteiger partial charge in [0.25, 0.3) is 0 Å². The number of ether oxygens (including phenoxy) is 1. The molecule has 190 valence electrons. The number of aromatic nitrogens is 2. The standard InChI is InChI=1S/C24H37Cl2N5O3/c1-5-34-24(33)20(14-16(2)3)29-23(32)18(27)7-9-22-28-19-15-17(6-8-21(19)30(22)4)31(12-10-25)13-11-26/h6,8,15-16,18,20H,5,7,9-14,27H2,1-4H3,(H,29,32)/t18-,20-/m0/s1/i10D2,11D2,12D2,13D2. The van der Waals surface area contributed by atoms with E-state index in [2.05, 4.69) is 10.3 Å². The van der Waals surface area contributed by atoms with E-state index in [0.29, 0.717) is 17.8 Å². The summed E-state index contributed by atoms with van der Waals surface area (Å²) in [7, 11) is 1.69. The van der Waals surface area contributed by atoms with E-state index in [1.807, 2.05) is 13.8 Å². The second-order valence-corrected chi connectivity index (χ2v) is 8.47. The number of nitrogens with one attached hydrogen (secondary N) is 1. The van der Waals surface area contributed by atoms with Crippen molar-refractivity contribution < 1.29 is 25.3 Å². The molecule has 10 heteroatoms. The highest BCUT2D eigenvalue weighted by Gasteiger charge is 2.26. The Morgan fingerprint density at radius 1 is 1.29 bits per heavy atom. The van der Waals surface area contributed by atoms with Crippen molar-refractivity contribution in [2.24, 2.45) is 18.7 Å². The average Bonchev–Trinajstić information content (AvgIpc) is 3.14. The molecule has 0 aliphatic carbocycles. The van der Waals surface area contributed by atoms with Crippen LogP contribution in [0.4, 0.5) is 5.69 Å². The van der Waals surface area contributed by atoms with Crippen LogP contribution in [0.1, 0.15) is 50.4 Å². The van der Waals surface area contributed by atoms with Crippen molar-refractivity contribution in [2.45, 2.75) is 52.1 Å². The number of halogens is 2. The molecule has 1 aromatic heterocycles. The molecule has 0 radical (unpaired) electrons. The van der Waals surface area contributed by atoms with Gasteiger partial charge in [-0.3, -0.25) is 4.79 Å². The van der Waals surface area contributed by atoms with Crippen LogP contribution in [0.25, 0.3) is 11.0 Å². The molecule has 0 saturated heterocycles. The summed E-state index contributed by atoms with van der Waals surface area (Å²) in [5.41, 5.74) is 6.65. The first-order valence-electron chi connectivity index (χ1n) is 14.9. The average molecular weight is 523 g/mol. The molecule has 1 amide bonds. The Labute approximate surface area is 223 Å². The number of nitrogens with zero attached hydrogens (tertiary/aromatic N) is 3. The molecule has 3 N–H and O–H groups in total. The van der Waals surface area contributed by atoms with Gasteiger partial charge in [-0.15, -0.1) is 23.2 Å². The van der Waals surface area contributed by atoms with Gasteiger partial charge < -0.3 is 25.3 Å². The van der Waals surface area contributed by atoms with E-state index in [0.717, 1.165) is 0 Å². The molecule has 1 aromatic carbocycles. The van der Waals surface area contributed by atoms with Gasteiger partial charge in [-0.25, -0.2) is 9.78 Å². The Morgan fingerprint density at radius 3 is 2.56 bits per heavy atom. The summed E-state index contributed by atoms with van der Waals surface area (Å²) < 4.78 is 70.8. The fourth-order valence-corrected chi connectivity index (χ4v) is 3.63. The number of benzene rings is 1. The number of carbonyl (C=O) groups excluding carboxylic acids is 2. The van der Waals surface area contributed by atoms with Gasteiger partial charge in [0.15, 0.2) is 0 Å². The number of alkyl halides is 2. The summed E-state index contributed by atoms with van der Waals surface area (Å²) in [5, 5.41) is 2.66. The summed E-state index contributed by atoms with van der Waals surface area (Å²) >= 11 is 11.3. The number of aryl methyl sites for hydroxylation is 2. The normalized spacial score (nSPS) is 18.4. The first-order valence-corrected chi connectivity index (χ1v) is 11.7. The van der Waals surface area contributed by atoms with E-state index in [4.69, 9.17) is 44.6 Å². The van der Waals surface area contributed by atoms with E-state index in [9.17, 15) is 9.59 Å². The van der Waals surface area contributed by atoms with Crippen molar-refractivity contribution in [1.82, 2.24) is 14.9 Å². The van der Waals surface area contributed by atoms with Crippen molar-refractivity contribution in [2.75, 3.05) is 36.2 Å². The van der Waals surface area contributed by atoms with Crippen LogP contribution in [0.3, 0.4) is 0 Å². The maximum atomic E-state index is 12.8. The SMILES string of the molecule is [2H]C([2H])(Cl)C([2H])([2H])N(c1ccc2c(c1)nc(CC[C@H](N)C(=O)N[C@@H](CC(C)C)C(=O)OCC)n2C)C([2H])([2H])C([2H])([2H])Cl. The Hall–Kier alpha value is -2.03. The fraction of sp³-hybridized carbons (Fsp3) is 0.625. The molecule has 0 fully saturated rings. The predicted molar refractivity (Wildman–Crippen MR) is 139 cm³/mol. The molecule has 34 heavy (non-hydrogen) atoms. The quantitative estimate of drug-likeness (QED) is 0.292. The number of esters is 1. The van der Waals surface area contributed by atoms with Crippen LogP contribution < -0.4 is 16.0 Å². The summed E-state index contributed by atoms with van der Waals surface area (Å²) in [6.07, 6.45) is 0.764. The monoisotopic (exact) mass is 521 g/mol. The van der Waals surface area contributed by atoms with Gasteiger partial charge in [0.05, 0.1) is 29.2 Å². The first-order chi connectivity index (χ1) is 19.1. The van der Waals surface area contributed by atoms with Crippen molar-refractivity contribution in [3.05, 3.63) is 24.0 Å². The number of imidazole rings is 1. The second kappa shape index (κ2) is 13.8. The lowest BCUT2D eigenvalue weighted by atomic mass is 10.0. The van der Waals surface area contributed by atoms with Crippen LogP contribution in [0.5, 0.6) is 0 Å². The number of amides is 1. The van der Waals surface area contributed by atoms with Gasteiger partial charge in [-0.2, -0.15) is 0 Å². The molecule has 0 bridgehead atoms. The zero-order valence-corrected chi connectivity index (χ0v) is 21.2. The number of fused-ring (bicyclic) bond motifs is 1. The van der Waals surface area contributed by atoms with Gasteiger partial charge in [-0.1, -0.05) is 13.8 Å².